The lowest BCUT2D eigenvalue weighted by Gasteiger charge is -2.35. The molecule has 1 aliphatic heterocycles. The van der Waals surface area contributed by atoms with Crippen LogP contribution in [0.1, 0.15) is 50.5 Å². The predicted molar refractivity (Wildman–Crippen MR) is 139 cm³/mol. The molecule has 0 aromatic heterocycles. The molecule has 1 aliphatic rings. The highest BCUT2D eigenvalue weighted by atomic mass is 16.3. The molecule has 0 bridgehead atoms. The average molecular weight is 485 g/mol. The quantitative estimate of drug-likeness (QED) is 0.515. The van der Waals surface area contributed by atoms with Crippen LogP contribution >= 0.6 is 0 Å². The highest BCUT2D eigenvalue weighted by Crippen LogP contribution is 2.28. The van der Waals surface area contributed by atoms with E-state index in [2.05, 4.69) is 11.0 Å². The second-order valence-electron chi connectivity index (χ2n) is 8.61. The first-order chi connectivity index (χ1) is 17.4. The Morgan fingerprint density at radius 2 is 1.42 bits per heavy atom. The van der Waals surface area contributed by atoms with Crippen LogP contribution in [0.15, 0.2) is 66.7 Å². The molecule has 2 amide bonds. The van der Waals surface area contributed by atoms with Crippen LogP contribution in [0, 0.1) is 6.07 Å². The van der Waals surface area contributed by atoms with Gasteiger partial charge in [0.25, 0.3) is 11.8 Å². The summed E-state index contributed by atoms with van der Waals surface area (Å²) in [6.45, 7) is 7.14. The van der Waals surface area contributed by atoms with Crippen LogP contribution in [-0.2, 0) is 0 Å². The van der Waals surface area contributed by atoms with Crippen molar-refractivity contribution in [3.8, 4) is 5.75 Å². The monoisotopic (exact) mass is 484 g/mol. The maximum absolute atomic E-state index is 13.4. The highest BCUT2D eigenvalue weighted by Gasteiger charge is 2.28. The van der Waals surface area contributed by atoms with E-state index in [9.17, 15) is 19.5 Å². The van der Waals surface area contributed by atoms with Gasteiger partial charge in [0.1, 0.15) is 5.75 Å². The van der Waals surface area contributed by atoms with Gasteiger partial charge >= 0.3 is 0 Å². The smallest absolute Gasteiger partial charge is 0.254 e. The summed E-state index contributed by atoms with van der Waals surface area (Å²) >= 11 is 0. The number of hydrogen-bond acceptors (Lipinski definition) is 5. The Morgan fingerprint density at radius 1 is 0.806 bits per heavy atom. The number of phenols is 1. The van der Waals surface area contributed by atoms with Gasteiger partial charge in [0.2, 0.25) is 0 Å². The van der Waals surface area contributed by atoms with Crippen LogP contribution in [0.25, 0.3) is 0 Å². The minimum atomic E-state index is -0.407. The van der Waals surface area contributed by atoms with Crippen LogP contribution in [0.3, 0.4) is 0 Å². The molecule has 7 nitrogen and oxygen atoms in total. The lowest BCUT2D eigenvalue weighted by molar-refractivity contribution is 0.0534. The Kier molecular flexibility index (Phi) is 7.68. The van der Waals surface area contributed by atoms with Gasteiger partial charge in [0.15, 0.2) is 5.78 Å². The second-order valence-corrected chi connectivity index (χ2v) is 8.61. The Morgan fingerprint density at radius 3 is 2.00 bits per heavy atom. The van der Waals surface area contributed by atoms with Gasteiger partial charge in [0.05, 0.1) is 11.1 Å². The molecule has 1 N–H and O–H groups in total. The fourth-order valence-corrected chi connectivity index (χ4v) is 4.49. The van der Waals surface area contributed by atoms with Gasteiger partial charge in [-0.1, -0.05) is 36.4 Å². The fraction of sp³-hybridized carbons (Fsp3) is 0.276. The maximum atomic E-state index is 13.4. The van der Waals surface area contributed by atoms with E-state index < -0.39 is 5.78 Å². The molecule has 0 atom stereocenters. The first kappa shape index (κ1) is 25.0. The minimum absolute atomic E-state index is 0.109. The standard InChI is InChI=1S/C29H30N3O4/c1-3-30(4-2)22-14-15-25(26(33)20-22)27(34)23-12-8-9-13-24(23)29(36)32-18-16-31(17-19-32)28(35)21-10-6-5-7-11-21/h5-10,12-15,20,33H,3-4,16-19H2,1-2H3. The first-order valence-corrected chi connectivity index (χ1v) is 12.2. The Bertz CT molecular complexity index is 1250. The second kappa shape index (κ2) is 11.1. The summed E-state index contributed by atoms with van der Waals surface area (Å²) in [5.74, 6) is -0.897. The number of amides is 2. The number of anilines is 1. The summed E-state index contributed by atoms with van der Waals surface area (Å²) in [6.07, 6.45) is 0. The van der Waals surface area contributed by atoms with Gasteiger partial charge < -0.3 is 19.8 Å². The zero-order valence-corrected chi connectivity index (χ0v) is 20.6. The van der Waals surface area contributed by atoms with E-state index in [0.29, 0.717) is 31.7 Å². The number of rotatable bonds is 7. The zero-order chi connectivity index (χ0) is 25.7. The maximum Gasteiger partial charge on any atom is 0.254 e. The number of carbonyl (C=O) groups excluding carboxylic acids is 3. The number of benzene rings is 3. The topological polar surface area (TPSA) is 81.2 Å². The summed E-state index contributed by atoms with van der Waals surface area (Å²) in [7, 11) is 0. The minimum Gasteiger partial charge on any atom is -0.507 e. The van der Waals surface area contributed by atoms with Gasteiger partial charge in [0, 0.05) is 62.1 Å². The van der Waals surface area contributed by atoms with Crippen LogP contribution < -0.4 is 4.90 Å². The number of hydrogen-bond donors (Lipinski definition) is 1. The van der Waals surface area contributed by atoms with Gasteiger partial charge in [-0.05, 0) is 44.2 Å². The summed E-state index contributed by atoms with van der Waals surface area (Å²) in [5.41, 5.74) is 2.01. The van der Waals surface area contributed by atoms with Crippen molar-refractivity contribution < 1.29 is 19.5 Å². The summed E-state index contributed by atoms with van der Waals surface area (Å²) in [4.78, 5) is 44.9. The molecule has 1 fully saturated rings. The third-order valence-electron chi connectivity index (χ3n) is 6.55. The average Bonchev–Trinajstić information content (AvgIpc) is 2.93. The molecular formula is C29H30N3O4. The molecule has 3 aromatic rings. The summed E-state index contributed by atoms with van der Waals surface area (Å²) < 4.78 is 0. The predicted octanol–water partition coefficient (Wildman–Crippen LogP) is 3.87. The molecule has 7 heteroatoms. The molecule has 3 aromatic carbocycles. The number of carbonyl (C=O) groups is 3. The van der Waals surface area contributed by atoms with Crippen LogP contribution in [0.5, 0.6) is 5.75 Å². The molecule has 185 valence electrons. The van der Waals surface area contributed by atoms with Crippen LogP contribution in [0.4, 0.5) is 5.69 Å². The van der Waals surface area contributed by atoms with Gasteiger partial charge in [-0.3, -0.25) is 14.4 Å². The molecule has 0 aliphatic carbocycles. The van der Waals surface area contributed by atoms with Crippen molar-refractivity contribution in [2.45, 2.75) is 13.8 Å². The Labute approximate surface area is 211 Å². The lowest BCUT2D eigenvalue weighted by Crippen LogP contribution is -2.50. The van der Waals surface area contributed by atoms with E-state index in [1.54, 1.807) is 64.4 Å². The Balaban J connectivity index is 1.50. The van der Waals surface area contributed by atoms with Crippen LogP contribution in [-0.4, -0.2) is 71.8 Å². The van der Waals surface area contributed by atoms with Crippen molar-refractivity contribution in [2.75, 3.05) is 44.2 Å². The molecule has 1 heterocycles. The van der Waals surface area contributed by atoms with Crippen molar-refractivity contribution in [1.29, 1.82) is 0 Å². The van der Waals surface area contributed by atoms with Crippen molar-refractivity contribution in [3.63, 3.8) is 0 Å². The van der Waals surface area contributed by atoms with Gasteiger partial charge in [-0.15, -0.1) is 0 Å². The SMILES string of the molecule is CCN(CC)c1ccc(C(=O)c2ccccc2C(=O)N2CCN(C(=O)c3[c]cccc3)CC2)c(O)c1. The van der Waals surface area contributed by atoms with Crippen molar-refractivity contribution in [2.24, 2.45) is 0 Å². The van der Waals surface area contributed by atoms with Crippen LogP contribution in [0.2, 0.25) is 0 Å². The molecule has 1 radical (unpaired) electrons. The Hall–Kier alpha value is -4.13. The number of ketones is 1. The molecule has 36 heavy (non-hydrogen) atoms. The lowest BCUT2D eigenvalue weighted by atomic mass is 9.96. The fourth-order valence-electron chi connectivity index (χ4n) is 4.49. The molecule has 0 saturated carbocycles. The normalized spacial score (nSPS) is 13.4. The number of phenolic OH excluding ortho intramolecular Hbond substituents is 1. The molecular weight excluding hydrogens is 454 g/mol. The third kappa shape index (κ3) is 5.10. The first-order valence-electron chi connectivity index (χ1n) is 12.2. The number of piperazine rings is 1. The van der Waals surface area contributed by atoms with E-state index in [1.807, 2.05) is 26.0 Å². The van der Waals surface area contributed by atoms with E-state index in [4.69, 9.17) is 0 Å². The molecule has 0 spiro atoms. The molecule has 1 saturated heterocycles. The van der Waals surface area contributed by atoms with Crippen molar-refractivity contribution in [3.05, 3.63) is 95.1 Å². The number of nitrogens with zero attached hydrogens (tertiary/aromatic N) is 3. The van der Waals surface area contributed by atoms with E-state index in [-0.39, 0.29) is 34.3 Å². The summed E-state index contributed by atoms with van der Waals surface area (Å²) in [5, 5.41) is 10.6. The highest BCUT2D eigenvalue weighted by molar-refractivity contribution is 6.16. The third-order valence-corrected chi connectivity index (χ3v) is 6.55. The van der Waals surface area contributed by atoms with E-state index in [0.717, 1.165) is 18.8 Å². The van der Waals surface area contributed by atoms with E-state index in [1.165, 1.54) is 0 Å². The number of aromatic hydroxyl groups is 1. The van der Waals surface area contributed by atoms with Crippen molar-refractivity contribution >= 4 is 23.3 Å². The molecule has 0 unspecified atom stereocenters. The largest absolute Gasteiger partial charge is 0.507 e. The van der Waals surface area contributed by atoms with Crippen molar-refractivity contribution in [1.82, 2.24) is 9.80 Å². The zero-order valence-electron chi connectivity index (χ0n) is 20.6. The summed E-state index contributed by atoms with van der Waals surface area (Å²) in [6, 6.07) is 21.7. The van der Waals surface area contributed by atoms with Gasteiger partial charge in [-0.25, -0.2) is 0 Å². The molecule has 4 rings (SSSR count). The van der Waals surface area contributed by atoms with E-state index >= 15 is 0 Å². The van der Waals surface area contributed by atoms with Gasteiger partial charge in [-0.2, -0.15) is 0 Å².